The first-order valence-corrected chi connectivity index (χ1v) is 33.2. The van der Waals surface area contributed by atoms with E-state index in [9.17, 15) is 24.7 Å². The Hall–Kier alpha value is -10.1. The quantitative estimate of drug-likeness (QED) is 0.0777. The standard InChI is InChI=1S/C86H77N4OSi/c1-57-88(63-29-25-30-64(54-63)91-65-43-45-72-75-50-60(59-27-15-11-16-28-59)42-46-78(75)90(80(72)55-65)81-53-61(47-48-87-81)84(2,3)4)79-40-26-39-73-70-38-24-23-37-69(70)71-44-41-58(49-74(71)76-51-62(85(5,6)7)52-77(86(8,9)10)82(76)89(57)83(73)79)56-92(66-31-17-12-18-32-66,67-33-19-13-20-34-67)68-35-21-14-22-36-68/h11-55H,56H2,1-10H3/q+1/i5D3,6D3,7D3,8D3,9D3,10D3. The molecule has 1 aliphatic heterocycles. The minimum absolute atomic E-state index is 0.137. The van der Waals surface area contributed by atoms with Crippen LogP contribution < -0.4 is 24.9 Å². The molecule has 0 spiro atoms. The highest BCUT2D eigenvalue weighted by atomic mass is 28.3. The Labute approximate surface area is 567 Å². The van der Waals surface area contributed by atoms with Gasteiger partial charge in [-0.3, -0.25) is 4.57 Å². The van der Waals surface area contributed by atoms with Crippen LogP contribution in [0, 0.1) is 6.92 Å². The molecular formula is C86H77N4OSi+. The molecule has 0 radical (unpaired) electrons. The lowest BCUT2D eigenvalue weighted by atomic mass is 9.76. The first-order chi connectivity index (χ1) is 51.9. The van der Waals surface area contributed by atoms with E-state index in [2.05, 4.69) is 98.1 Å². The van der Waals surface area contributed by atoms with Crippen molar-refractivity contribution in [2.75, 3.05) is 0 Å². The van der Waals surface area contributed by atoms with Crippen LogP contribution in [0.5, 0.6) is 11.5 Å². The van der Waals surface area contributed by atoms with Crippen LogP contribution in [0.4, 0.5) is 0 Å². The number of hydrogen-bond donors (Lipinski definition) is 0. The van der Waals surface area contributed by atoms with Gasteiger partial charge in [-0.05, 0) is 155 Å². The topological polar surface area (TPSA) is 35.9 Å². The number of fused-ring (bicyclic) bond motifs is 10. The summed E-state index contributed by atoms with van der Waals surface area (Å²) in [5.41, 5.74) is -2.21. The smallest absolute Gasteiger partial charge is 0.264 e. The van der Waals surface area contributed by atoms with Crippen molar-refractivity contribution in [2.45, 2.75) is 91.1 Å². The molecule has 14 aromatic rings. The second-order valence-electron chi connectivity index (χ2n) is 25.3. The summed E-state index contributed by atoms with van der Waals surface area (Å²) in [7, 11) is -3.33. The average molecular weight is 1230 g/mol. The Kier molecular flexibility index (Phi) is 10.0. The number of aromatic nitrogens is 4. The Morgan fingerprint density at radius 1 is 0.435 bits per heavy atom. The number of ether oxygens (including phenoxy) is 1. The van der Waals surface area contributed by atoms with Gasteiger partial charge in [0.25, 0.3) is 5.82 Å². The van der Waals surface area contributed by atoms with E-state index in [0.717, 1.165) is 60.1 Å². The molecule has 0 unspecified atom stereocenters. The van der Waals surface area contributed by atoms with Crippen molar-refractivity contribution in [3.05, 3.63) is 301 Å². The molecule has 0 N–H and O–H groups in total. The molecule has 0 aliphatic carbocycles. The molecule has 3 aromatic heterocycles. The minimum atomic E-state index is -4.12. The second kappa shape index (κ2) is 22.4. The van der Waals surface area contributed by atoms with Gasteiger partial charge in [-0.15, -0.1) is 0 Å². The van der Waals surface area contributed by atoms with Crippen molar-refractivity contribution in [3.63, 3.8) is 0 Å². The molecule has 1 aliphatic rings. The Morgan fingerprint density at radius 2 is 1.05 bits per heavy atom. The van der Waals surface area contributed by atoms with Crippen LogP contribution in [0.15, 0.2) is 273 Å². The van der Waals surface area contributed by atoms with Crippen molar-refractivity contribution in [2.24, 2.45) is 0 Å². The third-order valence-corrected chi connectivity index (χ3v) is 23.3. The van der Waals surface area contributed by atoms with E-state index in [4.69, 9.17) is 9.72 Å². The minimum Gasteiger partial charge on any atom is -0.457 e. The van der Waals surface area contributed by atoms with Crippen molar-refractivity contribution >= 4 is 56.5 Å². The van der Waals surface area contributed by atoms with Crippen LogP contribution in [-0.2, 0) is 22.3 Å². The summed E-state index contributed by atoms with van der Waals surface area (Å²) >= 11 is 0. The Bertz CT molecular complexity index is 5730. The summed E-state index contributed by atoms with van der Waals surface area (Å²) in [5, 5.41) is 4.99. The molecule has 0 fully saturated rings. The zero-order valence-corrected chi connectivity index (χ0v) is 52.4. The number of pyridine rings is 1. The molecule has 6 heteroatoms. The normalized spacial score (nSPS) is 16.2. The maximum Gasteiger partial charge on any atom is 0.264 e. The van der Waals surface area contributed by atoms with Gasteiger partial charge >= 0.3 is 0 Å². The highest BCUT2D eigenvalue weighted by Crippen LogP contribution is 2.48. The van der Waals surface area contributed by atoms with E-state index >= 15 is 0 Å². The van der Waals surface area contributed by atoms with Crippen LogP contribution in [-0.4, -0.2) is 22.2 Å². The highest BCUT2D eigenvalue weighted by Gasteiger charge is 2.41. The van der Waals surface area contributed by atoms with Crippen LogP contribution >= 0.6 is 0 Å². The first-order valence-electron chi connectivity index (χ1n) is 40.0. The number of nitrogens with zero attached hydrogens (tertiary/aromatic N) is 4. The lowest BCUT2D eigenvalue weighted by molar-refractivity contribution is -0.575. The molecule has 0 saturated carbocycles. The van der Waals surface area contributed by atoms with E-state index in [0.29, 0.717) is 68.4 Å². The number of hydrogen-bond acceptors (Lipinski definition) is 2. The van der Waals surface area contributed by atoms with E-state index in [1.54, 1.807) is 29.7 Å². The molecule has 92 heavy (non-hydrogen) atoms. The summed E-state index contributed by atoms with van der Waals surface area (Å²) in [6.45, 7) is -16.3. The van der Waals surface area contributed by atoms with E-state index in [1.165, 1.54) is 0 Å². The highest BCUT2D eigenvalue weighted by molar-refractivity contribution is 7.11. The number of rotatable bonds is 10. The molecule has 0 amide bonds. The first kappa shape index (κ1) is 41.3. The second-order valence-corrected chi connectivity index (χ2v) is 29.2. The Balaban J connectivity index is 1.05. The molecule has 450 valence electrons. The summed E-state index contributed by atoms with van der Waals surface area (Å²) < 4.78 is 183. The van der Waals surface area contributed by atoms with Crippen molar-refractivity contribution in [1.29, 1.82) is 0 Å². The van der Waals surface area contributed by atoms with Gasteiger partial charge in [0.2, 0.25) is 0 Å². The SMILES string of the molecule is [2H]C([2H])([2H])C(c1cc2c(c(C(C([2H])([2H])[2H])(C([2H])([2H])[2H])C([2H])([2H])[2H])c1)-[n+]1c(C)n(-c3cccc(Oc4ccc5c6cc(-c7ccccc7)ccc6n(-c6cc(C(C)(C)C)ccn6)c5c4)c3)c3cccc(c31)-c1ccccc1-c1ccc(C[Si](c3ccccc3)(c3ccccc3)c3ccccc3)cc1-2)(C([2H])([2H])[2H])C([2H])([2H])[2H]. The molecule has 11 aromatic carbocycles. The molecule has 5 nitrogen and oxygen atoms in total. The van der Waals surface area contributed by atoms with Crippen molar-refractivity contribution < 1.29 is 34.0 Å². The van der Waals surface area contributed by atoms with Gasteiger partial charge in [0.1, 0.15) is 28.7 Å². The fraction of sp³-hybridized carbons (Fsp3) is 0.163. The van der Waals surface area contributed by atoms with E-state index < -0.39 is 76.8 Å². The lowest BCUT2D eigenvalue weighted by Gasteiger charge is -2.34. The maximum atomic E-state index is 9.62. The van der Waals surface area contributed by atoms with Gasteiger partial charge < -0.3 is 4.74 Å². The predicted octanol–water partition coefficient (Wildman–Crippen LogP) is 19.6. The fourth-order valence-electron chi connectivity index (χ4n) is 14.1. The predicted molar refractivity (Wildman–Crippen MR) is 387 cm³/mol. The summed E-state index contributed by atoms with van der Waals surface area (Å²) in [6.07, 6.45) is 1.82. The van der Waals surface area contributed by atoms with Gasteiger partial charge in [-0.1, -0.05) is 250 Å². The van der Waals surface area contributed by atoms with E-state index in [1.807, 2.05) is 175 Å². The third-order valence-electron chi connectivity index (χ3n) is 18.4. The van der Waals surface area contributed by atoms with Crippen LogP contribution in [0.25, 0.3) is 94.5 Å². The summed E-state index contributed by atoms with van der Waals surface area (Å²) in [4.78, 5) is 4.96. The molecule has 0 saturated heterocycles. The Morgan fingerprint density at radius 3 is 1.73 bits per heavy atom. The average Bonchev–Trinajstić information content (AvgIpc) is 1.12. The lowest BCUT2D eigenvalue weighted by Crippen LogP contribution is -2.68. The maximum absolute atomic E-state index is 9.62. The van der Waals surface area contributed by atoms with Crippen LogP contribution in [0.2, 0.25) is 0 Å². The van der Waals surface area contributed by atoms with Crippen molar-refractivity contribution in [1.82, 2.24) is 14.1 Å². The monoisotopic (exact) mass is 1230 g/mol. The number of imidazole rings is 1. The zero-order chi connectivity index (χ0) is 78.3. The van der Waals surface area contributed by atoms with Gasteiger partial charge in [0.15, 0.2) is 19.1 Å². The molecular weight excluding hydrogens is 1130 g/mol. The molecule has 0 bridgehead atoms. The summed E-state index contributed by atoms with van der Waals surface area (Å²) in [5.74, 6) is 1.72. The third kappa shape index (κ3) is 10.00. The van der Waals surface area contributed by atoms with Gasteiger partial charge in [0, 0.05) is 77.4 Å². The molecule has 15 rings (SSSR count). The van der Waals surface area contributed by atoms with Crippen molar-refractivity contribution in [3.8, 4) is 73.2 Å². The van der Waals surface area contributed by atoms with E-state index in [-0.39, 0.29) is 27.9 Å². The van der Waals surface area contributed by atoms with Gasteiger partial charge in [0.05, 0.1) is 11.0 Å². The van der Waals surface area contributed by atoms with Gasteiger partial charge in [-0.25, -0.2) is 4.98 Å². The zero-order valence-electron chi connectivity index (χ0n) is 69.4. The largest absolute Gasteiger partial charge is 0.457 e. The number of benzene rings is 11. The van der Waals surface area contributed by atoms with Gasteiger partial charge in [-0.2, -0.15) is 9.13 Å². The molecule has 0 atom stereocenters. The van der Waals surface area contributed by atoms with Crippen LogP contribution in [0.1, 0.15) is 115 Å². The fourth-order valence-corrected chi connectivity index (χ4v) is 18.9. The van der Waals surface area contributed by atoms with Crippen LogP contribution in [0.3, 0.4) is 0 Å². The molecule has 4 heterocycles. The summed E-state index contributed by atoms with van der Waals surface area (Å²) in [6, 6.07) is 84.6. The number of para-hydroxylation sites is 1.